The second kappa shape index (κ2) is 3.68. The number of H-pyrrole nitrogens is 1. The van der Waals surface area contributed by atoms with Gasteiger partial charge in [-0.2, -0.15) is 0 Å². The minimum Gasteiger partial charge on any atom is -0.329 e. The molecule has 70 valence electrons. The number of rotatable bonds is 2. The van der Waals surface area contributed by atoms with Crippen molar-refractivity contribution < 1.29 is 0 Å². The van der Waals surface area contributed by atoms with Crippen LogP contribution in [0.25, 0.3) is 17.5 Å². The molecule has 0 amide bonds. The molecule has 1 aromatic heterocycles. The Hall–Kier alpha value is -1.54. The fraction of sp³-hybridized carbons (Fsp3) is 0. The number of benzene rings is 1. The molecule has 1 heterocycles. The lowest BCUT2D eigenvalue weighted by atomic mass is 10.2. The number of nitrogens with zero attached hydrogens (tertiary/aromatic N) is 1. The fourth-order valence-electron chi connectivity index (χ4n) is 1.23. The molecule has 0 aliphatic rings. The molecule has 0 unspecified atom stereocenters. The third-order valence-corrected chi connectivity index (χ3v) is 2.21. The van der Waals surface area contributed by atoms with E-state index in [1.165, 1.54) is 0 Å². The summed E-state index contributed by atoms with van der Waals surface area (Å²) in [4.78, 5) is 7.29. The molecule has 0 radical (unpaired) electrons. The van der Waals surface area contributed by atoms with E-state index >= 15 is 0 Å². The highest BCUT2D eigenvalue weighted by Gasteiger charge is 2.05. The number of aromatic amines is 1. The van der Waals surface area contributed by atoms with Gasteiger partial charge in [0.05, 0.1) is 0 Å². The van der Waals surface area contributed by atoms with Crippen LogP contribution in [0.5, 0.6) is 0 Å². The van der Waals surface area contributed by atoms with Gasteiger partial charge in [-0.25, -0.2) is 4.98 Å². The van der Waals surface area contributed by atoms with Gasteiger partial charge in [-0.3, -0.25) is 0 Å². The summed E-state index contributed by atoms with van der Waals surface area (Å²) in [6.07, 6.45) is 1.63. The van der Waals surface area contributed by atoms with Crippen molar-refractivity contribution in [3.05, 3.63) is 47.8 Å². The smallest absolute Gasteiger partial charge is 0.139 e. The van der Waals surface area contributed by atoms with E-state index in [4.69, 9.17) is 11.6 Å². The van der Waals surface area contributed by atoms with E-state index < -0.39 is 0 Å². The highest BCUT2D eigenvalue weighted by Crippen LogP contribution is 2.21. The minimum absolute atomic E-state index is 0.527. The minimum atomic E-state index is 0.527. The Bertz CT molecular complexity index is 446. The van der Waals surface area contributed by atoms with E-state index in [-0.39, 0.29) is 0 Å². The molecule has 2 nitrogen and oxygen atoms in total. The maximum absolute atomic E-state index is 5.91. The number of hydrogen-bond donors (Lipinski definition) is 1. The van der Waals surface area contributed by atoms with Crippen LogP contribution in [0.4, 0.5) is 0 Å². The Kier molecular flexibility index (Phi) is 2.37. The molecule has 0 saturated heterocycles. The summed E-state index contributed by atoms with van der Waals surface area (Å²) in [6, 6.07) is 9.82. The van der Waals surface area contributed by atoms with Gasteiger partial charge in [0.1, 0.15) is 16.7 Å². The summed E-state index contributed by atoms with van der Waals surface area (Å²) < 4.78 is 0. The standard InChI is InChI=1S/C11H9ClN2/c1-2-9-10(12)14-11(13-9)8-6-4-3-5-7-8/h2-7H,1H2,(H,13,14). The van der Waals surface area contributed by atoms with Crippen LogP contribution in [0.15, 0.2) is 36.9 Å². The van der Waals surface area contributed by atoms with Crippen LogP contribution >= 0.6 is 11.6 Å². The Balaban J connectivity index is 2.48. The Morgan fingerprint density at radius 3 is 2.57 bits per heavy atom. The van der Waals surface area contributed by atoms with Gasteiger partial charge >= 0.3 is 0 Å². The lowest BCUT2D eigenvalue weighted by Crippen LogP contribution is -1.78. The van der Waals surface area contributed by atoms with E-state index in [9.17, 15) is 0 Å². The quantitative estimate of drug-likeness (QED) is 0.799. The average molecular weight is 205 g/mol. The maximum Gasteiger partial charge on any atom is 0.139 e. The van der Waals surface area contributed by atoms with Crippen molar-refractivity contribution in [2.45, 2.75) is 0 Å². The first-order valence-corrected chi connectivity index (χ1v) is 4.62. The lowest BCUT2D eigenvalue weighted by molar-refractivity contribution is 1.30. The van der Waals surface area contributed by atoms with Crippen LogP contribution in [-0.2, 0) is 0 Å². The summed E-state index contributed by atoms with van der Waals surface area (Å²) in [7, 11) is 0. The third-order valence-electron chi connectivity index (χ3n) is 1.93. The van der Waals surface area contributed by atoms with Crippen LogP contribution in [-0.4, -0.2) is 9.97 Å². The van der Waals surface area contributed by atoms with Gasteiger partial charge < -0.3 is 4.98 Å². The lowest BCUT2D eigenvalue weighted by Gasteiger charge is -1.93. The second-order valence-electron chi connectivity index (χ2n) is 2.85. The van der Waals surface area contributed by atoms with Gasteiger partial charge in [0.25, 0.3) is 0 Å². The summed E-state index contributed by atoms with van der Waals surface area (Å²) in [5.41, 5.74) is 1.70. The van der Waals surface area contributed by atoms with E-state index in [2.05, 4.69) is 16.5 Å². The fourth-order valence-corrected chi connectivity index (χ4v) is 1.44. The van der Waals surface area contributed by atoms with Crippen molar-refractivity contribution in [3.63, 3.8) is 0 Å². The molecule has 3 heteroatoms. The monoisotopic (exact) mass is 204 g/mol. The molecule has 0 aliphatic carbocycles. The van der Waals surface area contributed by atoms with Gasteiger partial charge in [-0.1, -0.05) is 48.5 Å². The molecule has 2 aromatic rings. The Morgan fingerprint density at radius 1 is 1.29 bits per heavy atom. The van der Waals surface area contributed by atoms with Crippen molar-refractivity contribution in [2.75, 3.05) is 0 Å². The number of imidazole rings is 1. The van der Waals surface area contributed by atoms with Crippen LogP contribution < -0.4 is 0 Å². The van der Waals surface area contributed by atoms with Crippen molar-refractivity contribution in [1.82, 2.24) is 9.97 Å². The summed E-state index contributed by atoms with van der Waals surface area (Å²) >= 11 is 5.91. The molecule has 14 heavy (non-hydrogen) atoms. The first-order valence-electron chi connectivity index (χ1n) is 4.24. The molecule has 0 spiro atoms. The zero-order chi connectivity index (χ0) is 9.97. The van der Waals surface area contributed by atoms with Gasteiger partial charge in [0.15, 0.2) is 0 Å². The molecule has 0 aliphatic heterocycles. The number of hydrogen-bond acceptors (Lipinski definition) is 1. The highest BCUT2D eigenvalue weighted by molar-refractivity contribution is 6.30. The number of nitrogens with one attached hydrogen (secondary N) is 1. The first-order chi connectivity index (χ1) is 6.81. The van der Waals surface area contributed by atoms with Crippen LogP contribution in [0.2, 0.25) is 5.15 Å². The summed E-state index contributed by atoms with van der Waals surface area (Å²) in [6.45, 7) is 3.63. The second-order valence-corrected chi connectivity index (χ2v) is 3.23. The molecular weight excluding hydrogens is 196 g/mol. The largest absolute Gasteiger partial charge is 0.329 e. The predicted octanol–water partition coefficient (Wildman–Crippen LogP) is 3.37. The van der Waals surface area contributed by atoms with Gasteiger partial charge in [-0.05, 0) is 6.08 Å². The molecule has 0 saturated carbocycles. The molecule has 2 rings (SSSR count). The molecule has 0 atom stereocenters. The van der Waals surface area contributed by atoms with Gasteiger partial charge in [0.2, 0.25) is 0 Å². The Morgan fingerprint density at radius 2 is 2.00 bits per heavy atom. The molecule has 0 bridgehead atoms. The molecule has 1 aromatic carbocycles. The normalized spacial score (nSPS) is 10.1. The van der Waals surface area contributed by atoms with E-state index in [0.717, 1.165) is 11.4 Å². The zero-order valence-corrected chi connectivity index (χ0v) is 8.25. The topological polar surface area (TPSA) is 28.7 Å². The van der Waals surface area contributed by atoms with Gasteiger partial charge in [-0.15, -0.1) is 0 Å². The summed E-state index contributed by atoms with van der Waals surface area (Å²) in [5.74, 6) is 0.769. The van der Waals surface area contributed by atoms with E-state index in [0.29, 0.717) is 10.8 Å². The maximum atomic E-state index is 5.91. The van der Waals surface area contributed by atoms with Crippen molar-refractivity contribution in [3.8, 4) is 11.4 Å². The van der Waals surface area contributed by atoms with Gasteiger partial charge in [0, 0.05) is 5.56 Å². The first kappa shape index (κ1) is 9.03. The van der Waals surface area contributed by atoms with Crippen LogP contribution in [0.1, 0.15) is 5.69 Å². The van der Waals surface area contributed by atoms with Crippen molar-refractivity contribution in [2.24, 2.45) is 0 Å². The van der Waals surface area contributed by atoms with E-state index in [1.807, 2.05) is 30.3 Å². The van der Waals surface area contributed by atoms with E-state index in [1.54, 1.807) is 6.08 Å². The van der Waals surface area contributed by atoms with Crippen LogP contribution in [0.3, 0.4) is 0 Å². The molecular formula is C11H9ClN2. The molecule has 1 N–H and O–H groups in total. The number of halogens is 1. The van der Waals surface area contributed by atoms with Crippen molar-refractivity contribution >= 4 is 17.7 Å². The third kappa shape index (κ3) is 1.56. The number of aromatic nitrogens is 2. The predicted molar refractivity (Wildman–Crippen MR) is 59.1 cm³/mol. The summed E-state index contributed by atoms with van der Waals surface area (Å²) in [5, 5.41) is 0.527. The molecule has 0 fully saturated rings. The van der Waals surface area contributed by atoms with Crippen molar-refractivity contribution in [1.29, 1.82) is 0 Å². The zero-order valence-electron chi connectivity index (χ0n) is 7.50. The Labute approximate surface area is 87.3 Å². The SMILES string of the molecule is C=Cc1nc(-c2ccccc2)[nH]c1Cl. The average Bonchev–Trinajstić information content (AvgIpc) is 2.61. The van der Waals surface area contributed by atoms with Crippen LogP contribution in [0, 0.1) is 0 Å². The highest BCUT2D eigenvalue weighted by atomic mass is 35.5.